The number of fused-ring (bicyclic) bond motifs is 1. The summed E-state index contributed by atoms with van der Waals surface area (Å²) in [6.07, 6.45) is 11.4. The second-order valence-electron chi connectivity index (χ2n) is 12.7. The van der Waals surface area contributed by atoms with Crippen LogP contribution in [0.15, 0.2) is 91.0 Å². The fourth-order valence-electron chi connectivity index (χ4n) is 8.37. The first-order valence-corrected chi connectivity index (χ1v) is 15.1. The van der Waals surface area contributed by atoms with Crippen LogP contribution >= 0.6 is 0 Å². The first-order valence-electron chi connectivity index (χ1n) is 15.1. The predicted molar refractivity (Wildman–Crippen MR) is 166 cm³/mol. The Balaban J connectivity index is 1.19. The molecule has 4 nitrogen and oxygen atoms in total. The van der Waals surface area contributed by atoms with Crippen LogP contribution in [0.4, 0.5) is 0 Å². The van der Waals surface area contributed by atoms with Crippen molar-refractivity contribution in [1.29, 1.82) is 0 Å². The van der Waals surface area contributed by atoms with Gasteiger partial charge in [-0.05, 0) is 131 Å². The van der Waals surface area contributed by atoms with Gasteiger partial charge in [-0.1, -0.05) is 60.7 Å². The Morgan fingerprint density at radius 2 is 1.43 bits per heavy atom. The Kier molecular flexibility index (Phi) is 6.93. The lowest BCUT2D eigenvalue weighted by Crippen LogP contribution is -2.48. The van der Waals surface area contributed by atoms with Crippen molar-refractivity contribution in [2.45, 2.75) is 50.5 Å². The molecular formula is C38H36O4. The Bertz CT molecular complexity index is 1650. The highest BCUT2D eigenvalue weighted by atomic mass is 16.5. The maximum Gasteiger partial charge on any atom is 0.338 e. The molecule has 4 aliphatic carbocycles. The highest BCUT2D eigenvalue weighted by Crippen LogP contribution is 2.61. The smallest absolute Gasteiger partial charge is 0.338 e. The van der Waals surface area contributed by atoms with Gasteiger partial charge in [0.15, 0.2) is 0 Å². The third-order valence-electron chi connectivity index (χ3n) is 9.89. The first kappa shape index (κ1) is 26.7. The summed E-state index contributed by atoms with van der Waals surface area (Å²) in [6.45, 7) is 0.257. The molecule has 4 saturated carbocycles. The van der Waals surface area contributed by atoms with E-state index in [-0.39, 0.29) is 24.0 Å². The predicted octanol–water partition coefficient (Wildman–Crippen LogP) is 8.52. The van der Waals surface area contributed by atoms with E-state index in [1.807, 2.05) is 54.6 Å². The monoisotopic (exact) mass is 556 g/mol. The molecule has 4 aromatic rings. The number of carbonyl (C=O) groups excluding carboxylic acids is 2. The fourth-order valence-corrected chi connectivity index (χ4v) is 8.37. The molecule has 0 radical (unpaired) electrons. The number of esters is 2. The van der Waals surface area contributed by atoms with Gasteiger partial charge in [0, 0.05) is 6.08 Å². The summed E-state index contributed by atoms with van der Waals surface area (Å²) in [5.41, 5.74) is 6.56. The average molecular weight is 557 g/mol. The molecule has 4 fully saturated rings. The Morgan fingerprint density at radius 3 is 2.14 bits per heavy atom. The maximum atomic E-state index is 12.7. The summed E-state index contributed by atoms with van der Waals surface area (Å²) in [7, 11) is 1.42. The van der Waals surface area contributed by atoms with E-state index in [9.17, 15) is 9.59 Å². The van der Waals surface area contributed by atoms with E-state index in [0.29, 0.717) is 5.56 Å². The summed E-state index contributed by atoms with van der Waals surface area (Å²) in [6, 6.07) is 28.7. The summed E-state index contributed by atoms with van der Waals surface area (Å²) < 4.78 is 10.4. The van der Waals surface area contributed by atoms with Crippen molar-refractivity contribution in [2.75, 3.05) is 7.11 Å². The lowest BCUT2D eigenvalue weighted by Gasteiger charge is -2.57. The Morgan fingerprint density at radius 1 is 0.786 bits per heavy atom. The molecule has 0 saturated heterocycles. The molecule has 0 aromatic heterocycles. The van der Waals surface area contributed by atoms with Crippen molar-refractivity contribution >= 4 is 28.8 Å². The number of rotatable bonds is 7. The number of carbonyl (C=O) groups is 2. The second kappa shape index (κ2) is 10.9. The molecule has 0 N–H and O–H groups in total. The Labute approximate surface area is 247 Å². The van der Waals surface area contributed by atoms with Crippen molar-refractivity contribution < 1.29 is 19.1 Å². The van der Waals surface area contributed by atoms with E-state index in [2.05, 4.69) is 36.4 Å². The van der Waals surface area contributed by atoms with Gasteiger partial charge >= 0.3 is 11.9 Å². The van der Waals surface area contributed by atoms with E-state index < -0.39 is 0 Å². The molecule has 4 bridgehead atoms. The summed E-state index contributed by atoms with van der Waals surface area (Å²) in [5, 5.41) is 2.09. The minimum absolute atomic E-state index is 0.187. The zero-order valence-corrected chi connectivity index (χ0v) is 24.1. The van der Waals surface area contributed by atoms with Crippen LogP contribution in [0.25, 0.3) is 28.0 Å². The number of benzene rings is 4. The third kappa shape index (κ3) is 5.15. The topological polar surface area (TPSA) is 52.6 Å². The Hall–Kier alpha value is -4.18. The molecule has 0 spiro atoms. The molecule has 42 heavy (non-hydrogen) atoms. The second-order valence-corrected chi connectivity index (χ2v) is 12.7. The van der Waals surface area contributed by atoms with E-state index in [1.54, 1.807) is 6.08 Å². The zero-order chi connectivity index (χ0) is 28.7. The van der Waals surface area contributed by atoms with Crippen LogP contribution < -0.4 is 0 Å². The zero-order valence-electron chi connectivity index (χ0n) is 24.1. The van der Waals surface area contributed by atoms with Gasteiger partial charge in [0.25, 0.3) is 0 Å². The first-order chi connectivity index (χ1) is 20.5. The summed E-state index contributed by atoms with van der Waals surface area (Å²) >= 11 is 0. The van der Waals surface area contributed by atoms with Gasteiger partial charge < -0.3 is 9.47 Å². The molecule has 0 atom stereocenters. The molecule has 0 heterocycles. The quantitative estimate of drug-likeness (QED) is 0.169. The third-order valence-corrected chi connectivity index (χ3v) is 9.89. The molecule has 0 aliphatic heterocycles. The standard InChI is InChI=1S/C38H36O4/c1-41-36(39)14-13-29-7-8-33(20-35(29)38-21-26-15-27(22-38)17-28(16-26)23-38)31-9-10-32-19-34(12-11-30(32)18-31)37(40)42-24-25-5-3-2-4-6-25/h2-14,18-20,26-28H,15-17,21-24H2,1H3. The largest absolute Gasteiger partial charge is 0.466 e. The van der Waals surface area contributed by atoms with Gasteiger partial charge in [0.05, 0.1) is 12.7 Å². The van der Waals surface area contributed by atoms with Crippen molar-refractivity contribution in [3.63, 3.8) is 0 Å². The van der Waals surface area contributed by atoms with Gasteiger partial charge in [-0.2, -0.15) is 0 Å². The summed E-state index contributed by atoms with van der Waals surface area (Å²) in [5.74, 6) is 1.83. The van der Waals surface area contributed by atoms with Gasteiger partial charge in [-0.3, -0.25) is 0 Å². The SMILES string of the molecule is COC(=O)C=Cc1ccc(-c2ccc3cc(C(=O)OCc4ccccc4)ccc3c2)cc1C12CC3CC(CC(C3)C1)C2. The van der Waals surface area contributed by atoms with Crippen molar-refractivity contribution in [3.8, 4) is 11.1 Å². The van der Waals surface area contributed by atoms with Crippen LogP contribution in [0.5, 0.6) is 0 Å². The van der Waals surface area contributed by atoms with Crippen molar-refractivity contribution in [1.82, 2.24) is 0 Å². The highest BCUT2D eigenvalue weighted by Gasteiger charge is 2.52. The van der Waals surface area contributed by atoms with Gasteiger partial charge in [0.2, 0.25) is 0 Å². The minimum atomic E-state index is -0.326. The molecule has 0 unspecified atom stereocenters. The lowest BCUT2D eigenvalue weighted by molar-refractivity contribution is -0.134. The maximum absolute atomic E-state index is 12.7. The van der Waals surface area contributed by atoms with Gasteiger partial charge in [-0.15, -0.1) is 0 Å². The number of ether oxygens (including phenoxy) is 2. The van der Waals surface area contributed by atoms with Crippen LogP contribution in [0.1, 0.15) is 65.6 Å². The molecule has 8 rings (SSSR count). The van der Waals surface area contributed by atoms with E-state index in [1.165, 1.54) is 56.8 Å². The fraction of sp³-hybridized carbons (Fsp3) is 0.316. The number of hydrogen-bond acceptors (Lipinski definition) is 4. The number of hydrogen-bond donors (Lipinski definition) is 0. The van der Waals surface area contributed by atoms with E-state index >= 15 is 0 Å². The van der Waals surface area contributed by atoms with Crippen molar-refractivity contribution in [2.24, 2.45) is 17.8 Å². The summed E-state index contributed by atoms with van der Waals surface area (Å²) in [4.78, 5) is 24.7. The molecule has 4 aromatic carbocycles. The molecule has 0 amide bonds. The van der Waals surface area contributed by atoms with Gasteiger partial charge in [-0.25, -0.2) is 9.59 Å². The lowest BCUT2D eigenvalue weighted by atomic mass is 9.47. The van der Waals surface area contributed by atoms with Crippen LogP contribution in [0, 0.1) is 17.8 Å². The number of methoxy groups -OCH3 is 1. The molecule has 4 heteroatoms. The van der Waals surface area contributed by atoms with Crippen LogP contribution in [-0.2, 0) is 26.3 Å². The van der Waals surface area contributed by atoms with E-state index in [4.69, 9.17) is 9.47 Å². The van der Waals surface area contributed by atoms with Crippen LogP contribution in [-0.4, -0.2) is 19.0 Å². The minimum Gasteiger partial charge on any atom is -0.466 e. The molecule has 212 valence electrons. The van der Waals surface area contributed by atoms with Crippen LogP contribution in [0.3, 0.4) is 0 Å². The van der Waals surface area contributed by atoms with E-state index in [0.717, 1.165) is 45.2 Å². The molecular weight excluding hydrogens is 520 g/mol. The average Bonchev–Trinajstić information content (AvgIpc) is 3.01. The highest BCUT2D eigenvalue weighted by molar-refractivity contribution is 5.96. The molecule has 4 aliphatic rings. The van der Waals surface area contributed by atoms with Crippen LogP contribution in [0.2, 0.25) is 0 Å². The normalized spacial score (nSPS) is 24.3. The van der Waals surface area contributed by atoms with Gasteiger partial charge in [0.1, 0.15) is 6.61 Å². The van der Waals surface area contributed by atoms with Crippen molar-refractivity contribution in [3.05, 3.63) is 113 Å².